The van der Waals surface area contributed by atoms with Gasteiger partial charge in [-0.1, -0.05) is 42.5 Å². The lowest BCUT2D eigenvalue weighted by molar-refractivity contribution is -0.134. The van der Waals surface area contributed by atoms with E-state index in [0.29, 0.717) is 24.5 Å². The first-order valence-electron chi connectivity index (χ1n) is 10.2. The zero-order valence-corrected chi connectivity index (χ0v) is 16.8. The Kier molecular flexibility index (Phi) is 5.81. The van der Waals surface area contributed by atoms with Gasteiger partial charge in [-0.25, -0.2) is 0 Å². The van der Waals surface area contributed by atoms with E-state index in [2.05, 4.69) is 29.2 Å². The van der Waals surface area contributed by atoms with Crippen LogP contribution in [-0.2, 0) is 16.0 Å². The Hall–Kier alpha value is -2.86. The van der Waals surface area contributed by atoms with Gasteiger partial charge in [0.05, 0.1) is 5.69 Å². The van der Waals surface area contributed by atoms with E-state index in [4.69, 9.17) is 4.74 Å². The fourth-order valence-corrected chi connectivity index (χ4v) is 3.91. The number of amides is 2. The third-order valence-corrected chi connectivity index (χ3v) is 5.65. The van der Waals surface area contributed by atoms with E-state index in [1.54, 1.807) is 11.8 Å². The Morgan fingerprint density at radius 3 is 2.45 bits per heavy atom. The number of para-hydroxylation sites is 2. The van der Waals surface area contributed by atoms with Crippen molar-refractivity contribution in [1.29, 1.82) is 0 Å². The fourth-order valence-electron chi connectivity index (χ4n) is 3.91. The van der Waals surface area contributed by atoms with E-state index >= 15 is 0 Å². The molecule has 2 aromatic rings. The van der Waals surface area contributed by atoms with Crippen molar-refractivity contribution in [2.24, 2.45) is 0 Å². The molecule has 2 aromatic carbocycles. The maximum Gasteiger partial charge on any atom is 0.268 e. The molecular formula is C23H27N3O3. The molecule has 2 aliphatic rings. The zero-order chi connectivity index (χ0) is 20.2. The minimum Gasteiger partial charge on any atom is -0.479 e. The molecule has 6 nitrogen and oxygen atoms in total. The number of hydrogen-bond donors (Lipinski definition) is 0. The molecule has 1 unspecified atom stereocenters. The lowest BCUT2D eigenvalue weighted by Gasteiger charge is -2.37. The molecule has 1 fully saturated rings. The van der Waals surface area contributed by atoms with E-state index in [1.807, 2.05) is 35.2 Å². The molecule has 0 spiro atoms. The summed E-state index contributed by atoms with van der Waals surface area (Å²) < 4.78 is 5.66. The molecule has 4 rings (SSSR count). The first-order valence-corrected chi connectivity index (χ1v) is 10.2. The van der Waals surface area contributed by atoms with Crippen molar-refractivity contribution >= 4 is 17.5 Å². The van der Waals surface area contributed by atoms with Gasteiger partial charge in [-0.15, -0.1) is 0 Å². The predicted octanol–water partition coefficient (Wildman–Crippen LogP) is 2.19. The van der Waals surface area contributed by atoms with Crippen LogP contribution in [0.4, 0.5) is 5.69 Å². The number of carbonyl (C=O) groups excluding carboxylic acids is 2. The highest BCUT2D eigenvalue weighted by atomic mass is 16.5. The molecule has 1 saturated heterocycles. The molecule has 152 valence electrons. The molecule has 2 aliphatic heterocycles. The number of ether oxygens (including phenoxy) is 1. The van der Waals surface area contributed by atoms with Crippen LogP contribution in [0.1, 0.15) is 12.5 Å². The smallest absolute Gasteiger partial charge is 0.268 e. The quantitative estimate of drug-likeness (QED) is 0.782. The summed E-state index contributed by atoms with van der Waals surface area (Å²) >= 11 is 0. The highest BCUT2D eigenvalue weighted by Gasteiger charge is 2.33. The Labute approximate surface area is 171 Å². The van der Waals surface area contributed by atoms with Crippen LogP contribution in [0.2, 0.25) is 0 Å². The van der Waals surface area contributed by atoms with E-state index in [1.165, 1.54) is 5.56 Å². The average molecular weight is 393 g/mol. The first-order chi connectivity index (χ1) is 14.1. The highest BCUT2D eigenvalue weighted by molar-refractivity contribution is 6.03. The van der Waals surface area contributed by atoms with Gasteiger partial charge in [0.25, 0.3) is 5.91 Å². The standard InChI is InChI=1S/C23H27N3O3/c1-18-23(28)26(20-9-5-6-10-21(20)29-18)17-22(27)25-15-13-24(14-16-25)12-11-19-7-3-2-4-8-19/h2-10,18H,11-17H2,1H3. The maximum absolute atomic E-state index is 12.9. The minimum absolute atomic E-state index is 0.00929. The normalized spacial score (nSPS) is 19.6. The van der Waals surface area contributed by atoms with Gasteiger partial charge in [0.15, 0.2) is 6.10 Å². The van der Waals surface area contributed by atoms with E-state index in [0.717, 1.165) is 26.1 Å². The molecule has 2 heterocycles. The van der Waals surface area contributed by atoms with Crippen molar-refractivity contribution in [3.63, 3.8) is 0 Å². The van der Waals surface area contributed by atoms with E-state index < -0.39 is 6.10 Å². The fraction of sp³-hybridized carbons (Fsp3) is 0.391. The van der Waals surface area contributed by atoms with Crippen LogP contribution in [-0.4, -0.2) is 67.0 Å². The molecule has 0 aromatic heterocycles. The van der Waals surface area contributed by atoms with Crippen molar-refractivity contribution in [3.05, 3.63) is 60.2 Å². The Bertz CT molecular complexity index is 863. The SMILES string of the molecule is CC1Oc2ccccc2N(CC(=O)N2CCN(CCc3ccccc3)CC2)C1=O. The van der Waals surface area contributed by atoms with Crippen LogP contribution in [0, 0.1) is 0 Å². The van der Waals surface area contributed by atoms with Gasteiger partial charge in [0, 0.05) is 32.7 Å². The Morgan fingerprint density at radius 2 is 1.69 bits per heavy atom. The summed E-state index contributed by atoms with van der Waals surface area (Å²) in [7, 11) is 0. The van der Waals surface area contributed by atoms with Crippen molar-refractivity contribution < 1.29 is 14.3 Å². The second kappa shape index (κ2) is 8.66. The van der Waals surface area contributed by atoms with Gasteiger partial charge >= 0.3 is 0 Å². The number of fused-ring (bicyclic) bond motifs is 1. The van der Waals surface area contributed by atoms with Crippen LogP contribution in [0.15, 0.2) is 54.6 Å². The number of piperazine rings is 1. The zero-order valence-electron chi connectivity index (χ0n) is 16.8. The Balaban J connectivity index is 1.31. The summed E-state index contributed by atoms with van der Waals surface area (Å²) in [6, 6.07) is 17.9. The predicted molar refractivity (Wildman–Crippen MR) is 112 cm³/mol. The molecule has 0 N–H and O–H groups in total. The number of benzene rings is 2. The summed E-state index contributed by atoms with van der Waals surface area (Å²) in [6.07, 6.45) is 0.443. The Morgan fingerprint density at radius 1 is 1.00 bits per heavy atom. The second-order valence-corrected chi connectivity index (χ2v) is 7.61. The molecule has 0 aliphatic carbocycles. The number of nitrogens with zero attached hydrogens (tertiary/aromatic N) is 3. The van der Waals surface area contributed by atoms with Crippen molar-refractivity contribution in [2.75, 3.05) is 44.2 Å². The largest absolute Gasteiger partial charge is 0.479 e. The first kappa shape index (κ1) is 19.5. The second-order valence-electron chi connectivity index (χ2n) is 7.61. The van der Waals surface area contributed by atoms with Gasteiger partial charge in [-0.2, -0.15) is 0 Å². The van der Waals surface area contributed by atoms with Crippen LogP contribution < -0.4 is 9.64 Å². The molecule has 2 amide bonds. The van der Waals surface area contributed by atoms with Crippen LogP contribution >= 0.6 is 0 Å². The topological polar surface area (TPSA) is 53.1 Å². The van der Waals surface area contributed by atoms with Gasteiger partial charge in [0.1, 0.15) is 12.3 Å². The minimum atomic E-state index is -0.576. The maximum atomic E-state index is 12.9. The van der Waals surface area contributed by atoms with E-state index in [-0.39, 0.29) is 18.4 Å². The number of rotatable bonds is 5. The third kappa shape index (κ3) is 4.43. The van der Waals surface area contributed by atoms with Crippen LogP contribution in [0.5, 0.6) is 5.75 Å². The third-order valence-electron chi connectivity index (χ3n) is 5.65. The molecule has 29 heavy (non-hydrogen) atoms. The molecule has 0 radical (unpaired) electrons. The molecule has 1 atom stereocenters. The number of carbonyl (C=O) groups is 2. The molecule has 6 heteroatoms. The van der Waals surface area contributed by atoms with Crippen molar-refractivity contribution in [2.45, 2.75) is 19.4 Å². The lowest BCUT2D eigenvalue weighted by atomic mass is 10.1. The van der Waals surface area contributed by atoms with Gasteiger partial charge in [0.2, 0.25) is 5.91 Å². The van der Waals surface area contributed by atoms with Gasteiger partial charge in [-0.05, 0) is 31.0 Å². The molecule has 0 saturated carbocycles. The monoisotopic (exact) mass is 393 g/mol. The summed E-state index contributed by atoms with van der Waals surface area (Å²) in [5.74, 6) is 0.474. The van der Waals surface area contributed by atoms with Crippen LogP contribution in [0.25, 0.3) is 0 Å². The molecule has 0 bridgehead atoms. The van der Waals surface area contributed by atoms with E-state index in [9.17, 15) is 9.59 Å². The number of anilines is 1. The van der Waals surface area contributed by atoms with Crippen molar-refractivity contribution in [1.82, 2.24) is 9.80 Å². The van der Waals surface area contributed by atoms with Gasteiger partial charge < -0.3 is 9.64 Å². The summed E-state index contributed by atoms with van der Waals surface area (Å²) in [5, 5.41) is 0. The van der Waals surface area contributed by atoms with Crippen molar-refractivity contribution in [3.8, 4) is 5.75 Å². The summed E-state index contributed by atoms with van der Waals surface area (Å²) in [6.45, 7) is 5.91. The average Bonchev–Trinajstić information content (AvgIpc) is 2.76. The molecular weight excluding hydrogens is 366 g/mol. The van der Waals surface area contributed by atoms with Gasteiger partial charge in [-0.3, -0.25) is 19.4 Å². The summed E-state index contributed by atoms with van der Waals surface area (Å²) in [4.78, 5) is 31.3. The number of hydrogen-bond acceptors (Lipinski definition) is 4. The van der Waals surface area contributed by atoms with Crippen LogP contribution in [0.3, 0.4) is 0 Å². The lowest BCUT2D eigenvalue weighted by Crippen LogP contribution is -2.54. The highest BCUT2D eigenvalue weighted by Crippen LogP contribution is 2.33. The summed E-state index contributed by atoms with van der Waals surface area (Å²) in [5.41, 5.74) is 2.01.